The van der Waals surface area contributed by atoms with Crippen LogP contribution in [0, 0.1) is 0 Å². The molecule has 0 aliphatic carbocycles. The van der Waals surface area contributed by atoms with Crippen molar-refractivity contribution in [3.05, 3.63) is 0 Å². The molecular weight excluding hydrogens is 472 g/mol. The number of carbonyl (C=O) groups excluding carboxylic acids is 1. The minimum Gasteiger partial charge on any atom is -0.394 e. The fourth-order valence-corrected chi connectivity index (χ4v) is 3.44. The lowest BCUT2D eigenvalue weighted by molar-refractivity contribution is -0.359. The SMILES string of the molecule is O=C(CO[C@H]1O[C@H](CO)[C@@H](O)[C@H](O[C@H]2O[C@H](CO)[C@@H](O)[C@H](O)[C@H]2O)[C@H]1O)[C@@H](O)[C@H](O)[C@@H](O)CO. The molecule has 0 aromatic rings. The van der Waals surface area contributed by atoms with Crippen molar-refractivity contribution in [3.63, 3.8) is 0 Å². The molecule has 0 spiro atoms. The van der Waals surface area contributed by atoms with Crippen LogP contribution in [0.25, 0.3) is 0 Å². The zero-order chi connectivity index (χ0) is 25.7. The standard InChI is InChI=1S/C18H32O16/c19-1-5(22)9(24)10(25)6(23)4-31-17-15(30)16(12(27)8(3-21)32-17)34-18-14(29)13(28)11(26)7(2-20)33-18/h5,7-22,24-30H,1-4H2/t5-,7+,8+,9+,10+,11+,12+,13-,14+,15+,16-,17-,18+/m0/s1. The molecule has 2 aliphatic heterocycles. The van der Waals surface area contributed by atoms with E-state index in [1.54, 1.807) is 0 Å². The van der Waals surface area contributed by atoms with Gasteiger partial charge in [0.05, 0.1) is 19.8 Å². The number of ketones is 1. The van der Waals surface area contributed by atoms with Gasteiger partial charge in [-0.1, -0.05) is 0 Å². The molecule has 0 unspecified atom stereocenters. The summed E-state index contributed by atoms with van der Waals surface area (Å²) in [5.41, 5.74) is 0. The second kappa shape index (κ2) is 12.9. The van der Waals surface area contributed by atoms with E-state index in [-0.39, 0.29) is 0 Å². The first kappa shape index (κ1) is 29.3. The topological polar surface area (TPSA) is 277 Å². The highest BCUT2D eigenvalue weighted by molar-refractivity contribution is 5.84. The number of Topliss-reactive ketones (excluding diaryl/α,β-unsaturated/α-hetero) is 1. The Hall–Kier alpha value is -0.930. The zero-order valence-electron chi connectivity index (χ0n) is 17.8. The maximum Gasteiger partial charge on any atom is 0.189 e. The van der Waals surface area contributed by atoms with E-state index in [0.29, 0.717) is 0 Å². The molecule has 34 heavy (non-hydrogen) atoms. The number of hydrogen-bond donors (Lipinski definition) is 11. The van der Waals surface area contributed by atoms with Crippen LogP contribution >= 0.6 is 0 Å². The number of ether oxygens (including phenoxy) is 4. The van der Waals surface area contributed by atoms with Crippen LogP contribution in [0.2, 0.25) is 0 Å². The molecule has 2 heterocycles. The average Bonchev–Trinajstić information content (AvgIpc) is 2.84. The number of hydrogen-bond acceptors (Lipinski definition) is 16. The molecule has 2 saturated heterocycles. The van der Waals surface area contributed by atoms with Crippen LogP contribution in [0.15, 0.2) is 0 Å². The summed E-state index contributed by atoms with van der Waals surface area (Å²) in [6.45, 7) is -3.51. The van der Waals surface area contributed by atoms with E-state index in [1.165, 1.54) is 0 Å². The number of carbonyl (C=O) groups is 1. The Balaban J connectivity index is 2.08. The Morgan fingerprint density at radius 1 is 0.765 bits per heavy atom. The first-order chi connectivity index (χ1) is 16.0. The Kier molecular flexibility index (Phi) is 11.1. The van der Waals surface area contributed by atoms with Gasteiger partial charge in [0, 0.05) is 0 Å². The van der Waals surface area contributed by atoms with Crippen molar-refractivity contribution >= 4 is 5.78 Å². The highest BCUT2D eigenvalue weighted by Gasteiger charge is 2.51. The van der Waals surface area contributed by atoms with Gasteiger partial charge in [0.15, 0.2) is 18.4 Å². The van der Waals surface area contributed by atoms with E-state index in [4.69, 9.17) is 24.1 Å². The molecule has 0 aromatic heterocycles. The van der Waals surface area contributed by atoms with Crippen molar-refractivity contribution in [2.75, 3.05) is 26.4 Å². The zero-order valence-corrected chi connectivity index (χ0v) is 17.8. The fourth-order valence-electron chi connectivity index (χ4n) is 3.44. The molecular formula is C18H32O16. The summed E-state index contributed by atoms with van der Waals surface area (Å²) < 4.78 is 20.8. The van der Waals surface area contributed by atoms with E-state index >= 15 is 0 Å². The highest BCUT2D eigenvalue weighted by Crippen LogP contribution is 2.29. The molecule has 11 N–H and O–H groups in total. The smallest absolute Gasteiger partial charge is 0.189 e. The Morgan fingerprint density at radius 2 is 1.32 bits per heavy atom. The van der Waals surface area contributed by atoms with E-state index in [2.05, 4.69) is 0 Å². The summed E-state index contributed by atoms with van der Waals surface area (Å²) in [6, 6.07) is 0. The first-order valence-electron chi connectivity index (χ1n) is 10.4. The molecule has 16 nitrogen and oxygen atoms in total. The van der Waals surface area contributed by atoms with E-state index < -0.39 is 112 Å². The molecule has 2 fully saturated rings. The van der Waals surface area contributed by atoms with E-state index in [9.17, 15) is 55.9 Å². The van der Waals surface area contributed by atoms with Crippen molar-refractivity contribution in [1.82, 2.24) is 0 Å². The van der Waals surface area contributed by atoms with Gasteiger partial charge < -0.3 is 75.1 Å². The molecule has 200 valence electrons. The lowest BCUT2D eigenvalue weighted by atomic mass is 9.97. The second-order valence-electron chi connectivity index (χ2n) is 7.97. The lowest BCUT2D eigenvalue weighted by Gasteiger charge is -2.45. The van der Waals surface area contributed by atoms with Gasteiger partial charge >= 0.3 is 0 Å². The summed E-state index contributed by atoms with van der Waals surface area (Å²) in [5.74, 6) is -1.17. The van der Waals surface area contributed by atoms with Gasteiger partial charge in [-0.3, -0.25) is 4.79 Å². The van der Waals surface area contributed by atoms with Crippen LogP contribution in [0.4, 0.5) is 0 Å². The summed E-state index contributed by atoms with van der Waals surface area (Å²) in [5, 5.41) is 107. The normalized spacial score (nSPS) is 41.6. The number of rotatable bonds is 11. The van der Waals surface area contributed by atoms with Crippen LogP contribution in [0.5, 0.6) is 0 Å². The Morgan fingerprint density at radius 3 is 1.88 bits per heavy atom. The van der Waals surface area contributed by atoms with Gasteiger partial charge in [0.1, 0.15) is 73.8 Å². The Bertz CT molecular complexity index is 635. The molecule has 13 atom stereocenters. The quantitative estimate of drug-likeness (QED) is 0.125. The minimum absolute atomic E-state index is 0.768. The average molecular weight is 504 g/mol. The molecule has 0 bridgehead atoms. The van der Waals surface area contributed by atoms with Crippen LogP contribution in [-0.2, 0) is 23.7 Å². The minimum atomic E-state index is -2.16. The van der Waals surface area contributed by atoms with Crippen molar-refractivity contribution in [2.24, 2.45) is 0 Å². The monoisotopic (exact) mass is 504 g/mol. The fraction of sp³-hybridized carbons (Fsp3) is 0.944. The molecule has 16 heteroatoms. The summed E-state index contributed by atoms with van der Waals surface area (Å²) in [6.07, 6.45) is -23.1. The number of aliphatic hydroxyl groups is 11. The van der Waals surface area contributed by atoms with Crippen molar-refractivity contribution in [3.8, 4) is 0 Å². The van der Waals surface area contributed by atoms with Gasteiger partial charge in [-0.25, -0.2) is 0 Å². The molecule has 0 aromatic carbocycles. The third-order valence-corrected chi connectivity index (χ3v) is 5.59. The van der Waals surface area contributed by atoms with Crippen molar-refractivity contribution in [1.29, 1.82) is 0 Å². The predicted molar refractivity (Wildman–Crippen MR) is 102 cm³/mol. The first-order valence-corrected chi connectivity index (χ1v) is 10.4. The third kappa shape index (κ3) is 6.44. The van der Waals surface area contributed by atoms with Gasteiger partial charge in [-0.15, -0.1) is 0 Å². The molecule has 2 aliphatic rings. The number of aliphatic hydroxyl groups excluding tert-OH is 11. The van der Waals surface area contributed by atoms with Gasteiger partial charge in [-0.2, -0.15) is 0 Å². The highest BCUT2D eigenvalue weighted by atomic mass is 16.7. The van der Waals surface area contributed by atoms with Crippen molar-refractivity contribution in [2.45, 2.75) is 79.7 Å². The third-order valence-electron chi connectivity index (χ3n) is 5.59. The van der Waals surface area contributed by atoms with Crippen LogP contribution in [0.1, 0.15) is 0 Å². The lowest BCUT2D eigenvalue weighted by Crippen LogP contribution is -2.65. The molecule has 0 radical (unpaired) electrons. The molecule has 0 amide bonds. The van der Waals surface area contributed by atoms with E-state index in [1.807, 2.05) is 0 Å². The Labute approximate surface area is 192 Å². The maximum absolute atomic E-state index is 12.0. The molecule has 2 rings (SSSR count). The van der Waals surface area contributed by atoms with Gasteiger partial charge in [0.25, 0.3) is 0 Å². The second-order valence-corrected chi connectivity index (χ2v) is 7.97. The van der Waals surface area contributed by atoms with Crippen LogP contribution in [-0.4, -0.2) is 168 Å². The van der Waals surface area contributed by atoms with E-state index in [0.717, 1.165) is 0 Å². The van der Waals surface area contributed by atoms with Gasteiger partial charge in [0.2, 0.25) is 0 Å². The summed E-state index contributed by atoms with van der Waals surface area (Å²) in [4.78, 5) is 12.0. The van der Waals surface area contributed by atoms with Crippen LogP contribution < -0.4 is 0 Å². The molecule has 0 saturated carbocycles. The van der Waals surface area contributed by atoms with Crippen LogP contribution in [0.3, 0.4) is 0 Å². The summed E-state index contributed by atoms with van der Waals surface area (Å²) in [7, 11) is 0. The maximum atomic E-state index is 12.0. The van der Waals surface area contributed by atoms with Crippen molar-refractivity contribution < 1.29 is 79.9 Å². The summed E-state index contributed by atoms with van der Waals surface area (Å²) >= 11 is 0. The predicted octanol–water partition coefficient (Wildman–Crippen LogP) is -7.73. The largest absolute Gasteiger partial charge is 0.394 e. The van der Waals surface area contributed by atoms with Gasteiger partial charge in [-0.05, 0) is 0 Å².